The summed E-state index contributed by atoms with van der Waals surface area (Å²) in [5.74, 6) is -2.31. The molecule has 69 valence electrons. The molecule has 11 heavy (non-hydrogen) atoms. The van der Waals surface area contributed by atoms with E-state index < -0.39 is 31.7 Å². The van der Waals surface area contributed by atoms with Gasteiger partial charge in [-0.15, -0.1) is 0 Å². The third-order valence-electron chi connectivity index (χ3n) is 0.583. The second-order valence-corrected chi connectivity index (χ2v) is 4.57. The maximum Gasteiger partial charge on any atom is 2.00 e. The van der Waals surface area contributed by atoms with E-state index in [0.29, 0.717) is 0 Å². The van der Waals surface area contributed by atoms with Gasteiger partial charge in [-0.1, -0.05) is 0 Å². The fraction of sp³-hybridized carbons (Fsp3) is 1.00. The Balaban J connectivity index is 0. The minimum atomic E-state index is -4.59. The molecule has 0 fully saturated rings. The number of rotatable bonds is 3. The molecule has 0 saturated carbocycles. The molecule has 0 N–H and O–H groups in total. The minimum absolute atomic E-state index is 0. The van der Waals surface area contributed by atoms with Gasteiger partial charge in [0.05, 0.1) is 31.7 Å². The van der Waals surface area contributed by atoms with Gasteiger partial charge in [0.2, 0.25) is 0 Å². The van der Waals surface area contributed by atoms with Crippen molar-refractivity contribution in [3.05, 3.63) is 0 Å². The van der Waals surface area contributed by atoms with Crippen molar-refractivity contribution < 1.29 is 42.7 Å². The molecule has 9 heteroatoms. The van der Waals surface area contributed by atoms with Crippen LogP contribution in [0.5, 0.6) is 0 Å². The first-order valence-corrected chi connectivity index (χ1v) is 5.23. The van der Waals surface area contributed by atoms with Crippen molar-refractivity contribution in [3.8, 4) is 0 Å². The molecule has 0 spiro atoms. The van der Waals surface area contributed by atoms with E-state index in [1.54, 1.807) is 0 Å². The Hall–Kier alpha value is 0.326. The summed E-state index contributed by atoms with van der Waals surface area (Å²) < 4.78 is 58.3. The maximum absolute atomic E-state index is 9.72. The zero-order valence-electron chi connectivity index (χ0n) is 5.01. The second kappa shape index (κ2) is 4.38. The summed E-state index contributed by atoms with van der Waals surface area (Å²) in [7, 11) is -9.17. The molecule has 0 atom stereocenters. The Bertz CT molecular complexity index is 255. The smallest absolute Gasteiger partial charge is 0.748 e. The van der Waals surface area contributed by atoms with Gasteiger partial charge in [0, 0.05) is 0 Å². The van der Waals surface area contributed by atoms with Gasteiger partial charge in [-0.05, 0) is 0 Å². The van der Waals surface area contributed by atoms with Gasteiger partial charge in [0.25, 0.3) is 0 Å². The van der Waals surface area contributed by atoms with Crippen LogP contribution in [-0.2, 0) is 37.0 Å². The SMILES string of the molecule is O=S(=O)([O-])CCS(=O)(=O)[O-].[Co+2]. The van der Waals surface area contributed by atoms with Crippen LogP contribution < -0.4 is 0 Å². The van der Waals surface area contributed by atoms with Gasteiger partial charge in [0.15, 0.2) is 0 Å². The summed E-state index contributed by atoms with van der Waals surface area (Å²) in [6.07, 6.45) is 0. The normalized spacial score (nSPS) is 12.2. The van der Waals surface area contributed by atoms with Crippen LogP contribution in [0.4, 0.5) is 0 Å². The van der Waals surface area contributed by atoms with Crippen molar-refractivity contribution >= 4 is 20.2 Å². The zero-order valence-corrected chi connectivity index (χ0v) is 7.69. The predicted molar refractivity (Wildman–Crippen MR) is 29.1 cm³/mol. The Morgan fingerprint density at radius 2 is 1.00 bits per heavy atom. The van der Waals surface area contributed by atoms with Gasteiger partial charge in [-0.3, -0.25) is 0 Å². The fourth-order valence-electron chi connectivity index (χ4n) is 0.204. The van der Waals surface area contributed by atoms with Crippen LogP contribution in [0.3, 0.4) is 0 Å². The van der Waals surface area contributed by atoms with E-state index in [0.717, 1.165) is 0 Å². The summed E-state index contributed by atoms with van der Waals surface area (Å²) in [6, 6.07) is 0. The third kappa shape index (κ3) is 13.3. The number of hydrogen-bond donors (Lipinski definition) is 0. The van der Waals surface area contributed by atoms with E-state index in [4.69, 9.17) is 0 Å². The van der Waals surface area contributed by atoms with Crippen molar-refractivity contribution in [2.24, 2.45) is 0 Å². The van der Waals surface area contributed by atoms with Gasteiger partial charge >= 0.3 is 16.8 Å². The number of hydrogen-bond acceptors (Lipinski definition) is 6. The van der Waals surface area contributed by atoms with Gasteiger partial charge in [-0.25, -0.2) is 16.8 Å². The molecule has 0 aliphatic heterocycles. The molecule has 0 bridgehead atoms. The molecule has 0 aromatic carbocycles. The first-order valence-electron chi connectivity index (χ1n) is 2.08. The third-order valence-corrected chi connectivity index (χ3v) is 2.25. The Kier molecular flexibility index (Phi) is 5.52. The fourth-order valence-corrected chi connectivity index (χ4v) is 1.84. The summed E-state index contributed by atoms with van der Waals surface area (Å²) in [4.78, 5) is 0. The van der Waals surface area contributed by atoms with Crippen molar-refractivity contribution in [2.45, 2.75) is 0 Å². The standard InChI is InChI=1S/C2H6O6S2.Co/c3-9(4,5)1-2-10(6,7)8;/h1-2H2,(H,3,4,5)(H,6,7,8);/q;+2/p-2. The van der Waals surface area contributed by atoms with Crippen LogP contribution in [0.1, 0.15) is 0 Å². The van der Waals surface area contributed by atoms with Crippen molar-refractivity contribution in [1.29, 1.82) is 0 Å². The van der Waals surface area contributed by atoms with Gasteiger partial charge in [-0.2, -0.15) is 0 Å². The molecule has 0 aromatic rings. The first kappa shape index (κ1) is 13.9. The van der Waals surface area contributed by atoms with Gasteiger partial charge in [0.1, 0.15) is 0 Å². The molecular formula is C2H4CoO6S2. The van der Waals surface area contributed by atoms with E-state index in [9.17, 15) is 25.9 Å². The maximum atomic E-state index is 9.72. The van der Waals surface area contributed by atoms with Crippen LogP contribution in [0.2, 0.25) is 0 Å². The Labute approximate surface area is 74.7 Å². The summed E-state index contributed by atoms with van der Waals surface area (Å²) in [5.41, 5.74) is 0. The largest absolute Gasteiger partial charge is 2.00 e. The van der Waals surface area contributed by atoms with E-state index in [1.807, 2.05) is 0 Å². The molecule has 0 aliphatic carbocycles. The molecule has 0 unspecified atom stereocenters. The molecule has 0 heterocycles. The molecule has 6 nitrogen and oxygen atoms in total. The first-order chi connectivity index (χ1) is 4.21. The molecule has 0 amide bonds. The second-order valence-electron chi connectivity index (χ2n) is 1.52. The predicted octanol–water partition coefficient (Wildman–Crippen LogP) is -1.93. The summed E-state index contributed by atoms with van der Waals surface area (Å²) >= 11 is 0. The van der Waals surface area contributed by atoms with Crippen LogP contribution >= 0.6 is 0 Å². The minimum Gasteiger partial charge on any atom is -0.748 e. The van der Waals surface area contributed by atoms with E-state index in [2.05, 4.69) is 0 Å². The molecule has 1 radical (unpaired) electrons. The Morgan fingerprint density at radius 3 is 1.09 bits per heavy atom. The zero-order chi connectivity index (χ0) is 8.41. The van der Waals surface area contributed by atoms with Crippen molar-refractivity contribution in [3.63, 3.8) is 0 Å². The molecule has 0 rings (SSSR count). The summed E-state index contributed by atoms with van der Waals surface area (Å²) in [5, 5.41) is 0. The monoisotopic (exact) mass is 247 g/mol. The van der Waals surface area contributed by atoms with Crippen molar-refractivity contribution in [1.82, 2.24) is 0 Å². The van der Waals surface area contributed by atoms with Crippen LogP contribution in [0, 0.1) is 0 Å². The van der Waals surface area contributed by atoms with E-state index in [1.165, 1.54) is 0 Å². The van der Waals surface area contributed by atoms with E-state index >= 15 is 0 Å². The summed E-state index contributed by atoms with van der Waals surface area (Å²) in [6.45, 7) is 0. The van der Waals surface area contributed by atoms with Crippen LogP contribution in [0.25, 0.3) is 0 Å². The molecular weight excluding hydrogens is 243 g/mol. The average molecular weight is 247 g/mol. The van der Waals surface area contributed by atoms with E-state index in [-0.39, 0.29) is 16.8 Å². The average Bonchev–Trinajstić information content (AvgIpc) is 1.57. The molecule has 0 saturated heterocycles. The molecule has 0 aliphatic rings. The topological polar surface area (TPSA) is 114 Å². The van der Waals surface area contributed by atoms with Crippen LogP contribution in [0.15, 0.2) is 0 Å². The Morgan fingerprint density at radius 1 is 0.818 bits per heavy atom. The van der Waals surface area contributed by atoms with Gasteiger partial charge < -0.3 is 9.11 Å². The van der Waals surface area contributed by atoms with Crippen molar-refractivity contribution in [2.75, 3.05) is 11.5 Å². The molecule has 0 aromatic heterocycles. The van der Waals surface area contributed by atoms with Crippen LogP contribution in [-0.4, -0.2) is 37.4 Å². The quantitative estimate of drug-likeness (QED) is 0.536.